The maximum absolute atomic E-state index is 11.0. The van der Waals surface area contributed by atoms with E-state index >= 15 is 0 Å². The number of aromatic nitrogens is 2. The molecule has 134 valence electrons. The fraction of sp³-hybridized carbons (Fsp3) is 0.263. The summed E-state index contributed by atoms with van der Waals surface area (Å²) in [6.07, 6.45) is 3.08. The Bertz CT molecular complexity index is 955. The fourth-order valence-corrected chi connectivity index (χ4v) is 5.36. The predicted molar refractivity (Wildman–Crippen MR) is 118 cm³/mol. The van der Waals surface area contributed by atoms with Gasteiger partial charge in [-0.1, -0.05) is 12.1 Å². The maximum atomic E-state index is 11.0. The number of rotatable bonds is 2. The van der Waals surface area contributed by atoms with Crippen molar-refractivity contribution in [2.45, 2.75) is 18.4 Å². The van der Waals surface area contributed by atoms with Gasteiger partial charge in [-0.15, -0.1) is 0 Å². The van der Waals surface area contributed by atoms with Gasteiger partial charge in [0.05, 0.1) is 11.1 Å². The molecule has 2 aromatic carbocycles. The van der Waals surface area contributed by atoms with Gasteiger partial charge in [0.1, 0.15) is 5.75 Å². The second-order valence-corrected chi connectivity index (χ2v) is 8.97. The Morgan fingerprint density at radius 1 is 1.04 bits per heavy atom. The van der Waals surface area contributed by atoms with E-state index < -0.39 is 5.60 Å². The number of fused-ring (bicyclic) bond motifs is 1. The Morgan fingerprint density at radius 2 is 1.73 bits per heavy atom. The fourth-order valence-electron chi connectivity index (χ4n) is 3.35. The summed E-state index contributed by atoms with van der Waals surface area (Å²) in [5.41, 5.74) is 0.944. The largest absolute Gasteiger partial charge is 0.508 e. The average molecular weight is 573 g/mol. The van der Waals surface area contributed by atoms with Crippen LogP contribution in [0.1, 0.15) is 18.4 Å². The summed E-state index contributed by atoms with van der Waals surface area (Å²) in [6.45, 7) is 1.37. The minimum atomic E-state index is -0.869. The van der Waals surface area contributed by atoms with Gasteiger partial charge in [0.15, 0.2) is 0 Å². The molecule has 0 unspecified atom stereocenters. The van der Waals surface area contributed by atoms with Gasteiger partial charge in [-0.25, -0.2) is 9.97 Å². The van der Waals surface area contributed by atoms with Gasteiger partial charge in [0.25, 0.3) is 0 Å². The number of piperidine rings is 1. The third kappa shape index (κ3) is 3.48. The van der Waals surface area contributed by atoms with E-state index in [1.165, 1.54) is 3.57 Å². The molecule has 0 spiro atoms. The number of aromatic hydroxyl groups is 1. The van der Waals surface area contributed by atoms with Crippen molar-refractivity contribution in [3.05, 3.63) is 55.3 Å². The number of hydrogen-bond acceptors (Lipinski definition) is 5. The van der Waals surface area contributed by atoms with Crippen LogP contribution in [0.3, 0.4) is 0 Å². The first-order chi connectivity index (χ1) is 12.4. The third-order valence-electron chi connectivity index (χ3n) is 4.87. The molecule has 2 N–H and O–H groups in total. The quantitative estimate of drug-likeness (QED) is 0.454. The van der Waals surface area contributed by atoms with E-state index in [-0.39, 0.29) is 5.75 Å². The van der Waals surface area contributed by atoms with Crippen molar-refractivity contribution in [2.24, 2.45) is 0 Å². The lowest BCUT2D eigenvalue weighted by Crippen LogP contribution is -2.43. The maximum Gasteiger partial charge on any atom is 0.225 e. The Kier molecular flexibility index (Phi) is 4.95. The lowest BCUT2D eigenvalue weighted by atomic mass is 9.84. The molecule has 7 heteroatoms. The monoisotopic (exact) mass is 573 g/mol. The standard InChI is InChI=1S/C19H17I2N3O2/c20-14-9-12-11-22-18(23-17(12)16(21)10-14)24-7-5-19(26,6-8-24)13-1-3-15(25)4-2-13/h1-4,9-11,25-26H,5-8H2. The molecule has 3 aromatic rings. The number of nitrogens with zero attached hydrogens (tertiary/aromatic N) is 3. The summed E-state index contributed by atoms with van der Waals surface area (Å²) < 4.78 is 2.29. The van der Waals surface area contributed by atoms with Crippen molar-refractivity contribution in [2.75, 3.05) is 18.0 Å². The van der Waals surface area contributed by atoms with Gasteiger partial charge in [-0.3, -0.25) is 0 Å². The Hall–Kier alpha value is -1.20. The summed E-state index contributed by atoms with van der Waals surface area (Å²) in [6, 6.07) is 11.0. The van der Waals surface area contributed by atoms with E-state index in [0.29, 0.717) is 31.9 Å². The SMILES string of the molecule is Oc1ccc(C2(O)CCN(c3ncc4cc(I)cc(I)c4n3)CC2)cc1. The summed E-state index contributed by atoms with van der Waals surface area (Å²) >= 11 is 4.62. The molecule has 1 aromatic heterocycles. The summed E-state index contributed by atoms with van der Waals surface area (Å²) in [5, 5.41) is 21.5. The second-order valence-electron chi connectivity index (χ2n) is 6.56. The Labute approximate surface area is 178 Å². The van der Waals surface area contributed by atoms with E-state index in [9.17, 15) is 10.2 Å². The minimum Gasteiger partial charge on any atom is -0.508 e. The van der Waals surface area contributed by atoms with Gasteiger partial charge < -0.3 is 15.1 Å². The third-order valence-corrected chi connectivity index (χ3v) is 6.31. The zero-order chi connectivity index (χ0) is 18.3. The summed E-state index contributed by atoms with van der Waals surface area (Å²) in [4.78, 5) is 11.4. The normalized spacial score (nSPS) is 16.8. The van der Waals surface area contributed by atoms with Crippen LogP contribution in [0.5, 0.6) is 5.75 Å². The highest BCUT2D eigenvalue weighted by Gasteiger charge is 2.34. The van der Waals surface area contributed by atoms with Crippen molar-refractivity contribution in [1.82, 2.24) is 9.97 Å². The van der Waals surface area contributed by atoms with Crippen molar-refractivity contribution in [3.63, 3.8) is 0 Å². The molecular weight excluding hydrogens is 556 g/mol. The second kappa shape index (κ2) is 7.08. The number of benzene rings is 2. The molecular formula is C19H17I2N3O2. The van der Waals surface area contributed by atoms with Crippen LogP contribution in [0.4, 0.5) is 5.95 Å². The molecule has 0 aliphatic carbocycles. The minimum absolute atomic E-state index is 0.212. The first kappa shape index (κ1) is 18.2. The molecule has 4 rings (SSSR count). The smallest absolute Gasteiger partial charge is 0.225 e. The van der Waals surface area contributed by atoms with E-state index in [1.54, 1.807) is 24.3 Å². The van der Waals surface area contributed by atoms with Gasteiger partial charge in [-0.05, 0) is 87.9 Å². The van der Waals surface area contributed by atoms with E-state index in [0.717, 1.165) is 20.0 Å². The molecule has 0 atom stereocenters. The van der Waals surface area contributed by atoms with Gasteiger partial charge in [-0.2, -0.15) is 0 Å². The number of hydrogen-bond donors (Lipinski definition) is 2. The van der Waals surface area contributed by atoms with Crippen LogP contribution in [-0.2, 0) is 5.60 Å². The number of aliphatic hydroxyl groups is 1. The van der Waals surface area contributed by atoms with Gasteiger partial charge >= 0.3 is 0 Å². The molecule has 1 aliphatic heterocycles. The highest BCUT2D eigenvalue weighted by Crippen LogP contribution is 2.35. The highest BCUT2D eigenvalue weighted by molar-refractivity contribution is 14.1. The van der Waals surface area contributed by atoms with Crippen molar-refractivity contribution >= 4 is 62.0 Å². The first-order valence-corrected chi connectivity index (χ1v) is 10.5. The summed E-state index contributed by atoms with van der Waals surface area (Å²) in [7, 11) is 0. The zero-order valence-corrected chi connectivity index (χ0v) is 18.2. The lowest BCUT2D eigenvalue weighted by molar-refractivity contribution is 0.0115. The molecule has 0 radical (unpaired) electrons. The number of phenols is 1. The molecule has 0 saturated carbocycles. The van der Waals surface area contributed by atoms with Gasteiger partial charge in [0.2, 0.25) is 5.95 Å². The highest BCUT2D eigenvalue weighted by atomic mass is 127. The van der Waals surface area contributed by atoms with Crippen LogP contribution >= 0.6 is 45.2 Å². The van der Waals surface area contributed by atoms with Gasteiger partial charge in [0, 0.05) is 31.8 Å². The van der Waals surface area contributed by atoms with Crippen LogP contribution < -0.4 is 4.90 Å². The van der Waals surface area contributed by atoms with Crippen LogP contribution in [0, 0.1) is 7.14 Å². The predicted octanol–water partition coefficient (Wildman–Crippen LogP) is 4.03. The Balaban J connectivity index is 1.56. The van der Waals surface area contributed by atoms with Crippen LogP contribution in [0.2, 0.25) is 0 Å². The van der Waals surface area contributed by atoms with Crippen molar-refractivity contribution in [3.8, 4) is 5.75 Å². The zero-order valence-electron chi connectivity index (χ0n) is 13.9. The molecule has 2 heterocycles. The first-order valence-electron chi connectivity index (χ1n) is 8.33. The average Bonchev–Trinajstić information content (AvgIpc) is 2.62. The molecule has 1 fully saturated rings. The molecule has 1 aliphatic rings. The number of phenolic OH excluding ortho intramolecular Hbond substituents is 1. The molecule has 0 amide bonds. The van der Waals surface area contributed by atoms with Crippen molar-refractivity contribution in [1.29, 1.82) is 0 Å². The van der Waals surface area contributed by atoms with Crippen LogP contribution in [-0.4, -0.2) is 33.3 Å². The Morgan fingerprint density at radius 3 is 2.42 bits per heavy atom. The summed E-state index contributed by atoms with van der Waals surface area (Å²) in [5.74, 6) is 0.924. The lowest BCUT2D eigenvalue weighted by Gasteiger charge is -2.38. The van der Waals surface area contributed by atoms with Crippen LogP contribution in [0.15, 0.2) is 42.6 Å². The molecule has 26 heavy (non-hydrogen) atoms. The van der Waals surface area contributed by atoms with E-state index in [4.69, 9.17) is 4.98 Å². The van der Waals surface area contributed by atoms with Crippen molar-refractivity contribution < 1.29 is 10.2 Å². The van der Waals surface area contributed by atoms with E-state index in [1.807, 2.05) is 6.20 Å². The molecule has 5 nitrogen and oxygen atoms in total. The van der Waals surface area contributed by atoms with Crippen LogP contribution in [0.25, 0.3) is 10.9 Å². The molecule has 0 bridgehead atoms. The number of anilines is 1. The van der Waals surface area contributed by atoms with E-state index in [2.05, 4.69) is 67.2 Å². The number of halogens is 2. The molecule has 1 saturated heterocycles. The topological polar surface area (TPSA) is 69.5 Å².